The van der Waals surface area contributed by atoms with Crippen LogP contribution in [0.4, 0.5) is 0 Å². The van der Waals surface area contributed by atoms with Crippen LogP contribution in [0.1, 0.15) is 6.92 Å². The van der Waals surface area contributed by atoms with Crippen molar-refractivity contribution in [3.63, 3.8) is 0 Å². The quantitative estimate of drug-likeness (QED) is 0.683. The number of thiophene rings is 1. The molecule has 0 fully saturated rings. The summed E-state index contributed by atoms with van der Waals surface area (Å²) >= 11 is 1.20. The molecule has 84 valence electrons. The summed E-state index contributed by atoms with van der Waals surface area (Å²) in [6.45, 7) is 2.24. The first-order chi connectivity index (χ1) is 6.95. The van der Waals surface area contributed by atoms with Crippen molar-refractivity contribution in [1.29, 1.82) is 0 Å². The first-order valence-corrected chi connectivity index (χ1v) is 6.85. The number of ether oxygens (including phenoxy) is 1. The van der Waals surface area contributed by atoms with Crippen molar-refractivity contribution in [2.75, 3.05) is 20.7 Å². The van der Waals surface area contributed by atoms with Crippen molar-refractivity contribution in [3.8, 4) is 5.75 Å². The van der Waals surface area contributed by atoms with Gasteiger partial charge in [0.25, 0.3) is 10.0 Å². The van der Waals surface area contributed by atoms with Gasteiger partial charge >= 0.3 is 0 Å². The Morgan fingerprint density at radius 2 is 2.20 bits per heavy atom. The van der Waals surface area contributed by atoms with Crippen LogP contribution in [0.3, 0.4) is 0 Å². The smallest absolute Gasteiger partial charge is 0.256 e. The van der Waals surface area contributed by atoms with Gasteiger partial charge in [-0.05, 0) is 10.8 Å². The van der Waals surface area contributed by atoms with Crippen molar-refractivity contribution < 1.29 is 13.2 Å². The van der Waals surface area contributed by atoms with Crippen molar-refractivity contribution in [3.05, 3.63) is 5.38 Å². The Morgan fingerprint density at radius 1 is 1.60 bits per heavy atom. The van der Waals surface area contributed by atoms with E-state index in [9.17, 15) is 8.42 Å². The lowest BCUT2D eigenvalue weighted by Gasteiger charge is -2.14. The molecule has 1 aromatic rings. The minimum atomic E-state index is -3.38. The minimum Gasteiger partial charge on any atom is -0.495 e. The van der Waals surface area contributed by atoms with Gasteiger partial charge in [0.15, 0.2) is 4.21 Å². The highest BCUT2D eigenvalue weighted by Gasteiger charge is 2.26. The van der Waals surface area contributed by atoms with Gasteiger partial charge in [-0.1, -0.05) is 6.92 Å². The molecule has 0 radical (unpaired) electrons. The van der Waals surface area contributed by atoms with Crippen LogP contribution in [0.5, 0.6) is 5.75 Å². The molecule has 1 rings (SSSR count). The highest BCUT2D eigenvalue weighted by atomic mass is 32.2. The number of methoxy groups -OCH3 is 1. The second-order valence-corrected chi connectivity index (χ2v) is 6.28. The van der Waals surface area contributed by atoms with Gasteiger partial charge in [-0.2, -0.15) is 0 Å². The molecule has 0 aliphatic rings. The molecule has 0 aromatic carbocycles. The molecular formula is C8H14BNO3S2. The van der Waals surface area contributed by atoms with Crippen molar-refractivity contribution in [2.45, 2.75) is 11.1 Å². The number of rotatable bonds is 4. The molecule has 0 unspecified atom stereocenters. The Hall–Kier alpha value is -0.525. The molecule has 0 atom stereocenters. The molecule has 0 spiro atoms. The lowest BCUT2D eigenvalue weighted by Crippen LogP contribution is -2.26. The van der Waals surface area contributed by atoms with E-state index in [1.807, 2.05) is 7.85 Å². The normalized spacial score (nSPS) is 12.0. The van der Waals surface area contributed by atoms with Crippen LogP contribution in [-0.2, 0) is 10.0 Å². The molecule has 0 aliphatic heterocycles. The predicted molar refractivity (Wildman–Crippen MR) is 64.5 cm³/mol. The van der Waals surface area contributed by atoms with Gasteiger partial charge in [-0.15, -0.1) is 11.3 Å². The summed E-state index contributed by atoms with van der Waals surface area (Å²) in [7, 11) is 1.49. The summed E-state index contributed by atoms with van der Waals surface area (Å²) in [5.74, 6) is 0.459. The van der Waals surface area contributed by atoms with Gasteiger partial charge in [0.05, 0.1) is 7.11 Å². The largest absolute Gasteiger partial charge is 0.495 e. The van der Waals surface area contributed by atoms with Gasteiger partial charge in [0.2, 0.25) is 0 Å². The second kappa shape index (κ2) is 4.55. The lowest BCUT2D eigenvalue weighted by molar-refractivity contribution is 0.406. The van der Waals surface area contributed by atoms with Gasteiger partial charge in [-0.3, -0.25) is 0 Å². The number of sulfonamides is 1. The Balaban J connectivity index is 3.27. The highest BCUT2D eigenvalue weighted by Crippen LogP contribution is 2.29. The van der Waals surface area contributed by atoms with Crippen LogP contribution in [0.2, 0.25) is 0 Å². The molecular weight excluding hydrogens is 233 g/mol. The van der Waals surface area contributed by atoms with E-state index in [4.69, 9.17) is 4.74 Å². The molecule has 7 heteroatoms. The third-order valence-electron chi connectivity index (χ3n) is 2.18. The van der Waals surface area contributed by atoms with Gasteiger partial charge in [-0.25, -0.2) is 12.7 Å². The Bertz CT molecular complexity index is 441. The molecule has 0 N–H and O–H groups in total. The maximum atomic E-state index is 12.0. The van der Waals surface area contributed by atoms with Gasteiger partial charge in [0.1, 0.15) is 13.6 Å². The summed E-state index contributed by atoms with van der Waals surface area (Å²) in [6, 6.07) is 0. The van der Waals surface area contributed by atoms with E-state index in [0.29, 0.717) is 12.3 Å². The lowest BCUT2D eigenvalue weighted by atomic mass is 10.0. The Kier molecular flexibility index (Phi) is 3.80. The van der Waals surface area contributed by atoms with Crippen molar-refractivity contribution in [2.24, 2.45) is 0 Å². The first-order valence-electron chi connectivity index (χ1n) is 4.53. The third-order valence-corrected chi connectivity index (χ3v) is 5.70. The highest BCUT2D eigenvalue weighted by molar-refractivity contribution is 7.91. The summed E-state index contributed by atoms with van der Waals surface area (Å²) in [6.07, 6.45) is 0. The van der Waals surface area contributed by atoms with E-state index < -0.39 is 10.0 Å². The monoisotopic (exact) mass is 247 g/mol. The summed E-state index contributed by atoms with van der Waals surface area (Å²) in [5, 5.41) is 1.79. The Labute approximate surface area is 95.3 Å². The van der Waals surface area contributed by atoms with E-state index >= 15 is 0 Å². The molecule has 0 saturated carbocycles. The molecule has 0 amide bonds. The second-order valence-electron chi connectivity index (χ2n) is 3.16. The van der Waals surface area contributed by atoms with Crippen LogP contribution >= 0.6 is 11.3 Å². The first kappa shape index (κ1) is 12.5. The van der Waals surface area contributed by atoms with E-state index in [1.165, 1.54) is 22.8 Å². The SMILES string of the molecule is Bc1csc(S(=O)(=O)N(C)CC)c1OC. The maximum absolute atomic E-state index is 12.0. The van der Waals surface area contributed by atoms with Crippen LogP contribution in [0.15, 0.2) is 9.59 Å². The van der Waals surface area contributed by atoms with E-state index in [0.717, 1.165) is 5.46 Å². The average Bonchev–Trinajstić information content (AvgIpc) is 2.58. The summed E-state index contributed by atoms with van der Waals surface area (Å²) in [4.78, 5) is 0. The third kappa shape index (κ3) is 2.19. The molecule has 1 aromatic heterocycles. The fourth-order valence-electron chi connectivity index (χ4n) is 1.14. The molecule has 1 heterocycles. The van der Waals surface area contributed by atoms with Crippen LogP contribution in [0.25, 0.3) is 0 Å². The zero-order valence-corrected chi connectivity index (χ0v) is 10.9. The molecule has 15 heavy (non-hydrogen) atoms. The standard InChI is InChI=1S/C8H14BNO3S2/c1-4-10(2)15(11,12)8-7(13-3)6(9)5-14-8/h5H,4,9H2,1-3H3. The number of hydrogen-bond donors (Lipinski definition) is 0. The topological polar surface area (TPSA) is 46.6 Å². The summed E-state index contributed by atoms with van der Waals surface area (Å²) < 4.78 is 30.7. The zero-order chi connectivity index (χ0) is 11.6. The minimum absolute atomic E-state index is 0.284. The van der Waals surface area contributed by atoms with Crippen LogP contribution in [0, 0.1) is 0 Å². The van der Waals surface area contributed by atoms with Crippen LogP contribution < -0.4 is 10.2 Å². The maximum Gasteiger partial charge on any atom is 0.256 e. The molecule has 0 bridgehead atoms. The molecule has 4 nitrogen and oxygen atoms in total. The molecule has 0 aliphatic carbocycles. The van der Waals surface area contributed by atoms with Gasteiger partial charge < -0.3 is 4.74 Å². The summed E-state index contributed by atoms with van der Waals surface area (Å²) in [5.41, 5.74) is 0.852. The predicted octanol–water partition coefficient (Wildman–Crippen LogP) is -0.345. The molecule has 0 saturated heterocycles. The fraction of sp³-hybridized carbons (Fsp3) is 0.500. The van der Waals surface area contributed by atoms with E-state index in [1.54, 1.807) is 19.4 Å². The van der Waals surface area contributed by atoms with Crippen molar-refractivity contribution >= 4 is 34.7 Å². The number of nitrogens with zero attached hydrogens (tertiary/aromatic N) is 1. The van der Waals surface area contributed by atoms with E-state index in [-0.39, 0.29) is 4.21 Å². The van der Waals surface area contributed by atoms with Gasteiger partial charge in [0, 0.05) is 13.6 Å². The average molecular weight is 247 g/mol. The fourth-order valence-corrected chi connectivity index (χ4v) is 4.00. The van der Waals surface area contributed by atoms with Crippen LogP contribution in [-0.4, -0.2) is 41.3 Å². The Morgan fingerprint density at radius 3 is 2.67 bits per heavy atom. The van der Waals surface area contributed by atoms with Crippen molar-refractivity contribution in [1.82, 2.24) is 4.31 Å². The number of hydrogen-bond acceptors (Lipinski definition) is 4. The zero-order valence-electron chi connectivity index (χ0n) is 9.27. The van der Waals surface area contributed by atoms with E-state index in [2.05, 4.69) is 0 Å².